The molecule has 0 spiro atoms. The number of rotatable bonds is 3. The van der Waals surface area contributed by atoms with Crippen LogP contribution in [-0.4, -0.2) is 40.4 Å². The van der Waals surface area contributed by atoms with E-state index in [0.29, 0.717) is 12.5 Å². The Hall–Kier alpha value is -2.64. The van der Waals surface area contributed by atoms with Crippen molar-refractivity contribution in [3.05, 3.63) is 42.2 Å². The smallest absolute Gasteiger partial charge is 0.205 e. The maximum Gasteiger partial charge on any atom is 0.273 e. The quantitative estimate of drug-likeness (QED) is 0.611. The van der Waals surface area contributed by atoms with Crippen LogP contribution in [0.3, 0.4) is 0 Å². The number of aromatic nitrogens is 8. The standard InChI is InChI=1S/C9H8N8/c1-2-4-8(5-3-1)6-16-9(11-13-15-16)17-7-10-12-14-17/h1-5,7H,6H2. The Kier molecular flexibility index (Phi) is 2.30. The van der Waals surface area contributed by atoms with Gasteiger partial charge in [0.1, 0.15) is 6.33 Å². The summed E-state index contributed by atoms with van der Waals surface area (Å²) >= 11 is 0. The van der Waals surface area contributed by atoms with Crippen LogP contribution < -0.4 is 0 Å². The van der Waals surface area contributed by atoms with Crippen molar-refractivity contribution >= 4 is 0 Å². The molecule has 0 bridgehead atoms. The van der Waals surface area contributed by atoms with E-state index >= 15 is 0 Å². The van der Waals surface area contributed by atoms with Crippen molar-refractivity contribution in [2.24, 2.45) is 0 Å². The van der Waals surface area contributed by atoms with Crippen molar-refractivity contribution < 1.29 is 0 Å². The third kappa shape index (κ3) is 1.87. The highest BCUT2D eigenvalue weighted by Gasteiger charge is 2.09. The predicted molar refractivity (Wildman–Crippen MR) is 56.1 cm³/mol. The van der Waals surface area contributed by atoms with Crippen LogP contribution in [0.1, 0.15) is 5.56 Å². The van der Waals surface area contributed by atoms with Crippen LogP contribution in [0, 0.1) is 0 Å². The van der Waals surface area contributed by atoms with E-state index in [-0.39, 0.29) is 0 Å². The molecular formula is C9H8N8. The summed E-state index contributed by atoms with van der Waals surface area (Å²) in [5.74, 6) is 0.485. The second-order valence-corrected chi connectivity index (χ2v) is 3.38. The highest BCUT2D eigenvalue weighted by atomic mass is 15.6. The molecule has 84 valence electrons. The van der Waals surface area contributed by atoms with Gasteiger partial charge in [0.05, 0.1) is 6.54 Å². The van der Waals surface area contributed by atoms with E-state index in [1.54, 1.807) is 4.68 Å². The van der Waals surface area contributed by atoms with Gasteiger partial charge in [-0.25, -0.2) is 4.68 Å². The summed E-state index contributed by atoms with van der Waals surface area (Å²) in [6, 6.07) is 9.91. The Bertz CT molecular complexity index is 585. The van der Waals surface area contributed by atoms with Crippen molar-refractivity contribution in [3.63, 3.8) is 0 Å². The van der Waals surface area contributed by atoms with Crippen molar-refractivity contribution in [3.8, 4) is 5.95 Å². The molecule has 0 amide bonds. The molecule has 0 saturated heterocycles. The molecule has 0 aliphatic heterocycles. The molecule has 0 aliphatic rings. The number of hydrogen-bond acceptors (Lipinski definition) is 6. The fourth-order valence-electron chi connectivity index (χ4n) is 1.48. The van der Waals surface area contributed by atoms with E-state index < -0.39 is 0 Å². The topological polar surface area (TPSA) is 87.2 Å². The summed E-state index contributed by atoms with van der Waals surface area (Å²) in [5, 5.41) is 22.3. The molecule has 0 fully saturated rings. The van der Waals surface area contributed by atoms with Crippen LogP contribution in [0.15, 0.2) is 36.7 Å². The van der Waals surface area contributed by atoms with Gasteiger partial charge in [-0.05, 0) is 26.4 Å². The van der Waals surface area contributed by atoms with Gasteiger partial charge in [-0.1, -0.05) is 35.4 Å². The lowest BCUT2D eigenvalue weighted by molar-refractivity contribution is 0.611. The second kappa shape index (κ2) is 4.08. The molecular weight excluding hydrogens is 220 g/mol. The van der Waals surface area contributed by atoms with Crippen LogP contribution in [0.25, 0.3) is 5.95 Å². The molecule has 0 unspecified atom stereocenters. The normalized spacial score (nSPS) is 10.6. The number of nitrogens with zero attached hydrogens (tertiary/aromatic N) is 8. The summed E-state index contributed by atoms with van der Waals surface area (Å²) < 4.78 is 3.05. The monoisotopic (exact) mass is 228 g/mol. The van der Waals surface area contributed by atoms with Gasteiger partial charge in [-0.3, -0.25) is 0 Å². The summed E-state index contributed by atoms with van der Waals surface area (Å²) in [6.07, 6.45) is 1.45. The van der Waals surface area contributed by atoms with E-state index in [9.17, 15) is 0 Å². The van der Waals surface area contributed by atoms with Gasteiger partial charge in [0, 0.05) is 0 Å². The fraction of sp³-hybridized carbons (Fsp3) is 0.111. The maximum absolute atomic E-state index is 3.91. The highest BCUT2D eigenvalue weighted by Crippen LogP contribution is 2.04. The Balaban J connectivity index is 1.92. The van der Waals surface area contributed by atoms with Crippen LogP contribution in [0.4, 0.5) is 0 Å². The zero-order valence-electron chi connectivity index (χ0n) is 8.75. The first-order chi connectivity index (χ1) is 8.43. The molecule has 0 saturated carbocycles. The highest BCUT2D eigenvalue weighted by molar-refractivity contribution is 5.16. The molecule has 0 N–H and O–H groups in total. The minimum absolute atomic E-state index is 0.485. The first kappa shape index (κ1) is 9.58. The van der Waals surface area contributed by atoms with Gasteiger partial charge in [0.25, 0.3) is 5.95 Å². The largest absolute Gasteiger partial charge is 0.273 e. The maximum atomic E-state index is 3.91. The molecule has 3 aromatic rings. The van der Waals surface area contributed by atoms with Crippen molar-refractivity contribution in [1.82, 2.24) is 40.4 Å². The first-order valence-electron chi connectivity index (χ1n) is 4.97. The van der Waals surface area contributed by atoms with Gasteiger partial charge in [0.15, 0.2) is 0 Å². The average Bonchev–Trinajstić information content (AvgIpc) is 3.00. The lowest BCUT2D eigenvalue weighted by atomic mass is 10.2. The number of benzene rings is 1. The second-order valence-electron chi connectivity index (χ2n) is 3.38. The molecule has 8 nitrogen and oxygen atoms in total. The van der Waals surface area contributed by atoms with Gasteiger partial charge in [-0.15, -0.1) is 5.10 Å². The molecule has 0 radical (unpaired) electrons. The van der Waals surface area contributed by atoms with E-state index in [1.165, 1.54) is 11.0 Å². The summed E-state index contributed by atoms with van der Waals surface area (Å²) in [7, 11) is 0. The van der Waals surface area contributed by atoms with E-state index in [1.807, 2.05) is 30.3 Å². The molecule has 1 aromatic carbocycles. The van der Waals surface area contributed by atoms with Crippen LogP contribution in [-0.2, 0) is 6.54 Å². The third-order valence-corrected chi connectivity index (χ3v) is 2.24. The molecule has 2 aromatic heterocycles. The molecule has 0 atom stereocenters. The number of tetrazole rings is 2. The molecule has 17 heavy (non-hydrogen) atoms. The Labute approximate surface area is 95.9 Å². The Morgan fingerprint density at radius 2 is 1.88 bits per heavy atom. The molecule has 0 aliphatic carbocycles. The molecule has 8 heteroatoms. The van der Waals surface area contributed by atoms with E-state index in [0.717, 1.165) is 5.56 Å². The average molecular weight is 228 g/mol. The van der Waals surface area contributed by atoms with Crippen molar-refractivity contribution in [1.29, 1.82) is 0 Å². The SMILES string of the molecule is c1ccc(Cn2nnnc2-n2cnnn2)cc1. The Morgan fingerprint density at radius 1 is 1.00 bits per heavy atom. The lowest BCUT2D eigenvalue weighted by Gasteiger charge is -2.02. The fourth-order valence-corrected chi connectivity index (χ4v) is 1.48. The minimum Gasteiger partial charge on any atom is -0.205 e. The summed E-state index contributed by atoms with van der Waals surface area (Å²) in [4.78, 5) is 0. The van der Waals surface area contributed by atoms with E-state index in [4.69, 9.17) is 0 Å². The molecule has 3 rings (SSSR count). The Morgan fingerprint density at radius 3 is 2.65 bits per heavy atom. The van der Waals surface area contributed by atoms with Gasteiger partial charge >= 0.3 is 0 Å². The van der Waals surface area contributed by atoms with Gasteiger partial charge < -0.3 is 0 Å². The number of hydrogen-bond donors (Lipinski definition) is 0. The lowest BCUT2D eigenvalue weighted by Crippen LogP contribution is -2.10. The molecule has 2 heterocycles. The zero-order chi connectivity index (χ0) is 11.5. The third-order valence-electron chi connectivity index (χ3n) is 2.24. The van der Waals surface area contributed by atoms with Gasteiger partial charge in [0.2, 0.25) is 0 Å². The van der Waals surface area contributed by atoms with Crippen molar-refractivity contribution in [2.45, 2.75) is 6.54 Å². The first-order valence-corrected chi connectivity index (χ1v) is 4.97. The minimum atomic E-state index is 0.485. The van der Waals surface area contributed by atoms with Crippen LogP contribution in [0.2, 0.25) is 0 Å². The van der Waals surface area contributed by atoms with Crippen LogP contribution >= 0.6 is 0 Å². The van der Waals surface area contributed by atoms with Crippen LogP contribution in [0.5, 0.6) is 0 Å². The van der Waals surface area contributed by atoms with Gasteiger partial charge in [-0.2, -0.15) is 4.68 Å². The van der Waals surface area contributed by atoms with Crippen molar-refractivity contribution in [2.75, 3.05) is 0 Å². The predicted octanol–water partition coefficient (Wildman–Crippen LogP) is -0.303. The zero-order valence-corrected chi connectivity index (χ0v) is 8.75. The van der Waals surface area contributed by atoms with E-state index in [2.05, 4.69) is 31.1 Å². The summed E-state index contributed by atoms with van der Waals surface area (Å²) in [5.41, 5.74) is 1.11. The summed E-state index contributed by atoms with van der Waals surface area (Å²) in [6.45, 7) is 0.572.